The van der Waals surface area contributed by atoms with E-state index in [0.29, 0.717) is 28.0 Å². The largest absolute Gasteiger partial charge is 0.360 e. The van der Waals surface area contributed by atoms with Crippen LogP contribution in [0.5, 0.6) is 0 Å². The first kappa shape index (κ1) is 24.9. The lowest BCUT2D eigenvalue weighted by molar-refractivity contribution is -0.125. The third-order valence-electron chi connectivity index (χ3n) is 4.66. The third kappa shape index (κ3) is 5.45. The van der Waals surface area contributed by atoms with E-state index in [1.165, 1.54) is 4.57 Å². The summed E-state index contributed by atoms with van der Waals surface area (Å²) in [4.78, 5) is 39.2. The molecule has 170 valence electrons. The highest BCUT2D eigenvalue weighted by Gasteiger charge is 2.25. The number of amides is 2. The molecular weight excluding hydrogens is 426 g/mol. The van der Waals surface area contributed by atoms with Gasteiger partial charge < -0.3 is 15.5 Å². The number of nitrogens with one attached hydrogen (secondary N) is 2. The number of thiazole rings is 1. The average molecular weight is 456 g/mol. The molecule has 8 nitrogen and oxygen atoms in total. The molecule has 0 bridgehead atoms. The number of carbonyl (C=O) groups is 2. The number of hydrogen-bond donors (Lipinski definition) is 2. The first-order valence-electron chi connectivity index (χ1n) is 10.3. The molecule has 0 aliphatic carbocycles. The lowest BCUT2D eigenvalue weighted by Crippen LogP contribution is -2.36. The predicted octanol–water partition coefficient (Wildman–Crippen LogP) is 1.60. The second-order valence-corrected chi connectivity index (χ2v) is 9.15. The fraction of sp³-hybridized carbons (Fsp3) is 0.391. The highest BCUT2D eigenvalue weighted by Crippen LogP contribution is 2.24. The Labute approximate surface area is 191 Å². The maximum absolute atomic E-state index is 12.8. The molecule has 0 aliphatic rings. The topological polar surface area (TPSA) is 107 Å². The summed E-state index contributed by atoms with van der Waals surface area (Å²) in [6.07, 6.45) is 1.56. The molecular formula is C23H29N5O3S. The van der Waals surface area contributed by atoms with E-state index in [1.807, 2.05) is 51.1 Å². The van der Waals surface area contributed by atoms with Crippen LogP contribution in [0.3, 0.4) is 0 Å². The van der Waals surface area contributed by atoms with E-state index in [1.54, 1.807) is 32.0 Å². The van der Waals surface area contributed by atoms with E-state index in [2.05, 4.69) is 10.6 Å². The summed E-state index contributed by atoms with van der Waals surface area (Å²) in [7, 11) is 1.72. The van der Waals surface area contributed by atoms with Gasteiger partial charge in [-0.2, -0.15) is 5.26 Å². The number of carbonyl (C=O) groups excluding carboxylic acids is 2. The Morgan fingerprint density at radius 1 is 1.28 bits per heavy atom. The second-order valence-electron chi connectivity index (χ2n) is 8.12. The predicted molar refractivity (Wildman–Crippen MR) is 129 cm³/mol. The monoisotopic (exact) mass is 455 g/mol. The van der Waals surface area contributed by atoms with Gasteiger partial charge in [0, 0.05) is 43.1 Å². The first-order chi connectivity index (χ1) is 15.0. The van der Waals surface area contributed by atoms with Crippen molar-refractivity contribution in [2.24, 2.45) is 5.41 Å². The van der Waals surface area contributed by atoms with Gasteiger partial charge >= 0.3 is 0 Å². The molecule has 2 rings (SSSR count). The molecule has 9 heteroatoms. The standard InChI is InChI=1S/C23H29N5O3S/c1-7-25-19(29)17(13-24)21-28(8-2)20(30)18(32-21)14-26-15-10-9-11-16(12-15)27(6)22(31)23(3,4)5/h9-12,14,26H,7-8H2,1-6H3,(H,25,29)/b18-14+,21-17-. The van der Waals surface area contributed by atoms with Gasteiger partial charge in [0.15, 0.2) is 5.57 Å². The van der Waals surface area contributed by atoms with Crippen LogP contribution < -0.4 is 30.3 Å². The third-order valence-corrected chi connectivity index (χ3v) is 5.79. The smallest absolute Gasteiger partial charge is 0.270 e. The number of rotatable bonds is 6. The number of hydrogen-bond acceptors (Lipinski definition) is 6. The van der Waals surface area contributed by atoms with Crippen molar-refractivity contribution in [3.63, 3.8) is 0 Å². The van der Waals surface area contributed by atoms with E-state index < -0.39 is 11.3 Å². The summed E-state index contributed by atoms with van der Waals surface area (Å²) in [5, 5.41) is 15.2. The molecule has 0 atom stereocenters. The number of nitrogens with zero attached hydrogens (tertiary/aromatic N) is 3. The summed E-state index contributed by atoms with van der Waals surface area (Å²) >= 11 is 1.08. The Kier molecular flexibility index (Phi) is 8.00. The van der Waals surface area contributed by atoms with Crippen LogP contribution in [0.2, 0.25) is 0 Å². The Morgan fingerprint density at radius 2 is 1.97 bits per heavy atom. The van der Waals surface area contributed by atoms with Gasteiger partial charge in [0.25, 0.3) is 11.5 Å². The normalized spacial score (nSPS) is 12.7. The van der Waals surface area contributed by atoms with E-state index in [4.69, 9.17) is 0 Å². The molecule has 0 fully saturated rings. The minimum atomic E-state index is -0.512. The first-order valence-corrected chi connectivity index (χ1v) is 11.1. The summed E-state index contributed by atoms with van der Waals surface area (Å²) in [6.45, 7) is 9.85. The van der Waals surface area contributed by atoms with Gasteiger partial charge in [0.2, 0.25) is 5.91 Å². The molecule has 0 radical (unpaired) electrons. The highest BCUT2D eigenvalue weighted by atomic mass is 32.1. The van der Waals surface area contributed by atoms with Crippen molar-refractivity contribution in [1.29, 1.82) is 5.26 Å². The Balaban J connectivity index is 2.47. The van der Waals surface area contributed by atoms with E-state index >= 15 is 0 Å². The quantitative estimate of drug-likeness (QED) is 0.688. The summed E-state index contributed by atoms with van der Waals surface area (Å²) in [5.41, 5.74) is 0.536. The second kappa shape index (κ2) is 10.3. The zero-order valence-electron chi connectivity index (χ0n) is 19.3. The Morgan fingerprint density at radius 3 is 2.53 bits per heavy atom. The molecule has 2 N–H and O–H groups in total. The van der Waals surface area contributed by atoms with Crippen molar-refractivity contribution in [1.82, 2.24) is 9.88 Å². The molecule has 32 heavy (non-hydrogen) atoms. The zero-order valence-corrected chi connectivity index (χ0v) is 20.1. The molecule has 0 aliphatic heterocycles. The molecule has 2 amide bonds. The van der Waals surface area contributed by atoms with Gasteiger partial charge in [0.1, 0.15) is 15.3 Å². The van der Waals surface area contributed by atoms with Gasteiger partial charge in [-0.15, -0.1) is 11.3 Å². The van der Waals surface area contributed by atoms with E-state index in [-0.39, 0.29) is 17.0 Å². The van der Waals surface area contributed by atoms with Crippen molar-refractivity contribution < 1.29 is 9.59 Å². The van der Waals surface area contributed by atoms with Crippen LogP contribution in [-0.2, 0) is 16.1 Å². The van der Waals surface area contributed by atoms with Crippen LogP contribution in [0, 0.1) is 16.7 Å². The van der Waals surface area contributed by atoms with Crippen LogP contribution in [-0.4, -0.2) is 30.0 Å². The molecule has 2 aromatic rings. The molecule has 1 heterocycles. The van der Waals surface area contributed by atoms with E-state index in [9.17, 15) is 19.6 Å². The molecule has 1 aromatic heterocycles. The van der Waals surface area contributed by atoms with E-state index in [0.717, 1.165) is 17.0 Å². The summed E-state index contributed by atoms with van der Waals surface area (Å²) < 4.78 is 2.10. The minimum Gasteiger partial charge on any atom is -0.360 e. The molecule has 0 saturated heterocycles. The van der Waals surface area contributed by atoms with Gasteiger partial charge in [-0.25, -0.2) is 0 Å². The highest BCUT2D eigenvalue weighted by molar-refractivity contribution is 7.07. The van der Waals surface area contributed by atoms with Crippen molar-refractivity contribution in [3.05, 3.63) is 43.8 Å². The Hall–Kier alpha value is -3.38. The average Bonchev–Trinajstić information content (AvgIpc) is 3.06. The van der Waals surface area contributed by atoms with Crippen LogP contribution in [0.15, 0.2) is 29.1 Å². The van der Waals surface area contributed by atoms with Crippen LogP contribution in [0.4, 0.5) is 11.4 Å². The van der Waals surface area contributed by atoms with Crippen molar-refractivity contribution in [2.45, 2.75) is 41.2 Å². The number of benzene rings is 1. The van der Waals surface area contributed by atoms with Crippen LogP contribution in [0.1, 0.15) is 34.6 Å². The van der Waals surface area contributed by atoms with Gasteiger partial charge in [-0.1, -0.05) is 26.8 Å². The van der Waals surface area contributed by atoms with Crippen LogP contribution >= 0.6 is 11.3 Å². The molecule has 1 aromatic carbocycles. The summed E-state index contributed by atoms with van der Waals surface area (Å²) in [6, 6.07) is 9.21. The summed E-state index contributed by atoms with van der Waals surface area (Å²) in [5.74, 6) is -0.519. The number of aromatic nitrogens is 1. The van der Waals surface area contributed by atoms with Crippen molar-refractivity contribution in [2.75, 3.05) is 23.8 Å². The fourth-order valence-electron chi connectivity index (χ4n) is 3.01. The molecule has 0 spiro atoms. The SMILES string of the molecule is CCNC(=O)/C(C#N)=c1\s/c(=C/Nc2cccc(N(C)C(=O)C(C)(C)C)c2)c(=O)n1CC. The van der Waals surface area contributed by atoms with Crippen molar-refractivity contribution >= 4 is 46.3 Å². The van der Waals surface area contributed by atoms with Crippen molar-refractivity contribution in [3.8, 4) is 6.07 Å². The van der Waals surface area contributed by atoms with Gasteiger partial charge in [-0.3, -0.25) is 19.0 Å². The number of anilines is 2. The molecule has 0 saturated carbocycles. The van der Waals surface area contributed by atoms with Crippen LogP contribution in [0.25, 0.3) is 11.8 Å². The zero-order chi connectivity index (χ0) is 24.1. The van der Waals surface area contributed by atoms with Gasteiger partial charge in [0.05, 0.1) is 0 Å². The molecule has 0 unspecified atom stereocenters. The van der Waals surface area contributed by atoms with Gasteiger partial charge in [-0.05, 0) is 32.0 Å². The number of nitriles is 1. The fourth-order valence-corrected chi connectivity index (χ4v) is 4.10. The lowest BCUT2D eigenvalue weighted by Gasteiger charge is -2.26. The lowest BCUT2D eigenvalue weighted by atomic mass is 9.94. The maximum atomic E-state index is 12.8. The Bertz CT molecular complexity index is 1230. The maximum Gasteiger partial charge on any atom is 0.270 e. The minimum absolute atomic E-state index is 0.0164.